The van der Waals surface area contributed by atoms with Crippen LogP contribution in [0.4, 0.5) is 0 Å². The van der Waals surface area contributed by atoms with Crippen molar-refractivity contribution < 1.29 is 4.79 Å². The van der Waals surface area contributed by atoms with E-state index in [-0.39, 0.29) is 5.91 Å². The maximum Gasteiger partial charge on any atom is 0.270 e. The lowest BCUT2D eigenvalue weighted by atomic mass is 9.91. The molecule has 4 rings (SSSR count). The summed E-state index contributed by atoms with van der Waals surface area (Å²) >= 11 is 5.40. The van der Waals surface area contributed by atoms with Crippen molar-refractivity contribution in [1.82, 2.24) is 19.8 Å². The van der Waals surface area contributed by atoms with Crippen molar-refractivity contribution in [2.24, 2.45) is 11.8 Å². The molecule has 2 heterocycles. The Kier molecular flexibility index (Phi) is 6.68. The Morgan fingerprint density at radius 3 is 2.39 bits per heavy atom. The minimum Gasteiger partial charge on any atom is -0.347 e. The zero-order chi connectivity index (χ0) is 21.8. The monoisotopic (exact) mass is 434 g/mol. The summed E-state index contributed by atoms with van der Waals surface area (Å²) in [4.78, 5) is 18.5. The van der Waals surface area contributed by atoms with Crippen LogP contribution in [0.5, 0.6) is 0 Å². The second-order valence-electron chi connectivity index (χ2n) is 8.74. The van der Waals surface area contributed by atoms with Gasteiger partial charge in [0.2, 0.25) is 0 Å². The molecule has 2 N–H and O–H groups in total. The lowest BCUT2D eigenvalue weighted by Crippen LogP contribution is -2.38. The summed E-state index contributed by atoms with van der Waals surface area (Å²) in [6.07, 6.45) is 2.98. The highest BCUT2D eigenvalue weighted by Crippen LogP contribution is 2.23. The number of aromatic nitrogens is 2. The fourth-order valence-corrected chi connectivity index (χ4v) is 4.94. The van der Waals surface area contributed by atoms with Crippen molar-refractivity contribution in [1.29, 1.82) is 0 Å². The van der Waals surface area contributed by atoms with Crippen LogP contribution in [0.1, 0.15) is 41.9 Å². The number of aromatic amines is 1. The number of nitrogens with zero attached hydrogens (tertiary/aromatic N) is 2. The number of hydrogen-bond donors (Lipinski definition) is 2. The van der Waals surface area contributed by atoms with Gasteiger partial charge in [0.25, 0.3) is 5.91 Å². The van der Waals surface area contributed by atoms with Gasteiger partial charge in [0.05, 0.1) is 0 Å². The largest absolute Gasteiger partial charge is 0.347 e. The summed E-state index contributed by atoms with van der Waals surface area (Å²) < 4.78 is 2.28. The molecular formula is C25H30N4OS. The lowest BCUT2D eigenvalue weighted by molar-refractivity contribution is 0.0943. The Balaban J connectivity index is 1.47. The predicted octanol–water partition coefficient (Wildman–Crippen LogP) is 4.94. The average Bonchev–Trinajstić information content (AvgIpc) is 3.14. The maximum absolute atomic E-state index is 13.0. The molecule has 1 amide bonds. The van der Waals surface area contributed by atoms with Crippen LogP contribution in [0.15, 0.2) is 60.8 Å². The van der Waals surface area contributed by atoms with Gasteiger partial charge in [0, 0.05) is 38.1 Å². The van der Waals surface area contributed by atoms with Crippen molar-refractivity contribution >= 4 is 18.1 Å². The number of para-hydroxylation sites is 1. The summed E-state index contributed by atoms with van der Waals surface area (Å²) in [5.41, 5.74) is 3.81. The van der Waals surface area contributed by atoms with Gasteiger partial charge in [-0.15, -0.1) is 0 Å². The van der Waals surface area contributed by atoms with Crippen LogP contribution in [0.25, 0.3) is 5.69 Å². The Morgan fingerprint density at radius 1 is 1.03 bits per heavy atom. The first-order valence-corrected chi connectivity index (χ1v) is 11.3. The summed E-state index contributed by atoms with van der Waals surface area (Å²) in [5, 5.41) is 3.09. The second-order valence-corrected chi connectivity index (χ2v) is 9.13. The van der Waals surface area contributed by atoms with Gasteiger partial charge in [-0.05, 0) is 53.7 Å². The van der Waals surface area contributed by atoms with Crippen LogP contribution in [0.2, 0.25) is 0 Å². The quantitative estimate of drug-likeness (QED) is 0.540. The number of piperidine rings is 1. The molecule has 3 aromatic rings. The fraction of sp³-hybridized carbons (Fsp3) is 0.360. The third kappa shape index (κ3) is 5.14. The molecule has 2 unspecified atom stereocenters. The van der Waals surface area contributed by atoms with Crippen LogP contribution in [0, 0.1) is 16.6 Å². The highest BCUT2D eigenvalue weighted by molar-refractivity contribution is 7.71. The van der Waals surface area contributed by atoms with Gasteiger partial charge in [-0.2, -0.15) is 0 Å². The van der Waals surface area contributed by atoms with Gasteiger partial charge in [-0.3, -0.25) is 14.3 Å². The lowest BCUT2D eigenvalue weighted by Gasteiger charge is -2.35. The van der Waals surface area contributed by atoms with Crippen LogP contribution in [-0.4, -0.2) is 33.4 Å². The van der Waals surface area contributed by atoms with Crippen molar-refractivity contribution in [2.75, 3.05) is 13.1 Å². The number of H-pyrrole nitrogens is 1. The maximum atomic E-state index is 13.0. The van der Waals surface area contributed by atoms with E-state index >= 15 is 0 Å². The highest BCUT2D eigenvalue weighted by atomic mass is 32.1. The number of carbonyl (C=O) groups excluding carboxylic acids is 1. The van der Waals surface area contributed by atoms with E-state index in [0.717, 1.165) is 42.7 Å². The van der Waals surface area contributed by atoms with E-state index in [4.69, 9.17) is 12.2 Å². The van der Waals surface area contributed by atoms with Gasteiger partial charge in [-0.1, -0.05) is 56.3 Å². The second kappa shape index (κ2) is 9.62. The van der Waals surface area contributed by atoms with Crippen LogP contribution < -0.4 is 5.32 Å². The molecular weight excluding hydrogens is 404 g/mol. The minimum atomic E-state index is -0.147. The van der Waals surface area contributed by atoms with E-state index in [1.165, 1.54) is 12.0 Å². The first-order valence-electron chi connectivity index (χ1n) is 10.9. The molecule has 1 fully saturated rings. The van der Waals surface area contributed by atoms with Gasteiger partial charge in [0.1, 0.15) is 5.69 Å². The Bertz CT molecular complexity index is 1080. The number of rotatable bonds is 6. The molecule has 2 atom stereocenters. The summed E-state index contributed by atoms with van der Waals surface area (Å²) in [7, 11) is 0. The normalized spacial score (nSPS) is 19.3. The molecule has 5 nitrogen and oxygen atoms in total. The van der Waals surface area contributed by atoms with Crippen LogP contribution >= 0.6 is 12.2 Å². The number of nitrogens with one attached hydrogen (secondary N) is 2. The summed E-state index contributed by atoms with van der Waals surface area (Å²) in [6.45, 7) is 8.34. The topological polar surface area (TPSA) is 53.1 Å². The third-order valence-electron chi connectivity index (χ3n) is 5.92. The molecule has 0 saturated carbocycles. The first-order chi connectivity index (χ1) is 15.0. The fourth-order valence-electron chi connectivity index (χ4n) is 4.68. The number of imidazole rings is 1. The van der Waals surface area contributed by atoms with Gasteiger partial charge >= 0.3 is 0 Å². The average molecular weight is 435 g/mol. The summed E-state index contributed by atoms with van der Waals surface area (Å²) in [5.74, 6) is 1.31. The molecule has 0 aliphatic carbocycles. The van der Waals surface area contributed by atoms with Gasteiger partial charge in [-0.25, -0.2) is 0 Å². The van der Waals surface area contributed by atoms with Crippen molar-refractivity contribution in [3.63, 3.8) is 0 Å². The highest BCUT2D eigenvalue weighted by Gasteiger charge is 2.22. The van der Waals surface area contributed by atoms with Crippen LogP contribution in [0.3, 0.4) is 0 Å². The zero-order valence-electron chi connectivity index (χ0n) is 18.2. The molecule has 162 valence electrons. The SMILES string of the molecule is CC1CC(C)CN(Cc2ccccc2CNC(=O)c2c[nH]c(=S)n2-c2ccccc2)C1. The molecule has 6 heteroatoms. The van der Waals surface area contributed by atoms with E-state index in [9.17, 15) is 4.79 Å². The van der Waals surface area contributed by atoms with Crippen molar-refractivity contribution in [2.45, 2.75) is 33.4 Å². The van der Waals surface area contributed by atoms with E-state index in [0.29, 0.717) is 17.0 Å². The number of benzene rings is 2. The Labute approximate surface area is 189 Å². The number of likely N-dealkylation sites (tertiary alicyclic amines) is 1. The molecule has 2 aromatic carbocycles. The third-order valence-corrected chi connectivity index (χ3v) is 6.22. The Morgan fingerprint density at radius 2 is 1.68 bits per heavy atom. The smallest absolute Gasteiger partial charge is 0.270 e. The van der Waals surface area contributed by atoms with E-state index in [1.54, 1.807) is 10.8 Å². The molecule has 1 aliphatic rings. The Hall–Kier alpha value is -2.70. The number of carbonyl (C=O) groups is 1. The van der Waals surface area contributed by atoms with E-state index in [1.807, 2.05) is 36.4 Å². The molecule has 1 aliphatic heterocycles. The van der Waals surface area contributed by atoms with Crippen molar-refractivity contribution in [3.8, 4) is 5.69 Å². The molecule has 0 bridgehead atoms. The minimum absolute atomic E-state index is 0.147. The molecule has 31 heavy (non-hydrogen) atoms. The van der Waals surface area contributed by atoms with Crippen LogP contribution in [-0.2, 0) is 13.1 Å². The predicted molar refractivity (Wildman–Crippen MR) is 127 cm³/mol. The van der Waals surface area contributed by atoms with Gasteiger partial charge < -0.3 is 10.3 Å². The molecule has 0 radical (unpaired) electrons. The first kappa shape index (κ1) is 21.5. The molecule has 1 saturated heterocycles. The summed E-state index contributed by atoms with van der Waals surface area (Å²) in [6, 6.07) is 18.1. The van der Waals surface area contributed by atoms with Crippen molar-refractivity contribution in [3.05, 3.63) is 82.4 Å². The number of amides is 1. The van der Waals surface area contributed by atoms with E-state index in [2.05, 4.69) is 47.2 Å². The number of hydrogen-bond acceptors (Lipinski definition) is 3. The standard InChI is InChI=1S/C25H30N4OS/c1-18-12-19(2)16-28(15-18)17-21-9-7-6-8-20(21)13-26-24(30)23-14-27-25(31)29(23)22-10-4-3-5-11-22/h3-11,14,18-19H,12-13,15-17H2,1-2H3,(H,26,30)(H,27,31). The van der Waals surface area contributed by atoms with E-state index < -0.39 is 0 Å². The zero-order valence-corrected chi connectivity index (χ0v) is 19.0. The molecule has 1 aromatic heterocycles. The van der Waals surface area contributed by atoms with Gasteiger partial charge in [0.15, 0.2) is 4.77 Å². The molecule has 0 spiro atoms.